The maximum atomic E-state index is 13.7. The Morgan fingerprint density at radius 1 is 1.06 bits per heavy atom. The predicted octanol–water partition coefficient (Wildman–Crippen LogP) is 6.14. The van der Waals surface area contributed by atoms with Crippen molar-refractivity contribution in [3.63, 3.8) is 0 Å². The SMILES string of the molecule is C=C(NC[C@H]1CCC[C@@H](c2ccc(C(F)(F)F)cc2)O1)/C(C)=C(\N=C/N)C(=O)N1CCC(N2CCC3(CC2)Cc2ccccc2O3)CC1. The summed E-state index contributed by atoms with van der Waals surface area (Å²) in [6, 6.07) is 14.0. The molecule has 2 atom stereocenters. The number of para-hydroxylation sites is 1. The smallest absolute Gasteiger partial charge is 0.416 e. The summed E-state index contributed by atoms with van der Waals surface area (Å²) in [4.78, 5) is 22.4. The molecule has 48 heavy (non-hydrogen) atoms. The van der Waals surface area contributed by atoms with E-state index in [-0.39, 0.29) is 29.4 Å². The maximum absolute atomic E-state index is 13.7. The Labute approximate surface area is 280 Å². The lowest BCUT2D eigenvalue weighted by molar-refractivity contribution is -0.137. The van der Waals surface area contributed by atoms with E-state index in [1.165, 1.54) is 17.7 Å². The number of nitrogens with zero attached hydrogens (tertiary/aromatic N) is 3. The van der Waals surface area contributed by atoms with E-state index < -0.39 is 11.7 Å². The molecule has 2 aromatic carbocycles. The third-order valence-corrected chi connectivity index (χ3v) is 10.5. The number of likely N-dealkylation sites (tertiary alicyclic amines) is 2. The number of fused-ring (bicyclic) bond motifs is 1. The van der Waals surface area contributed by atoms with Crippen LogP contribution in [0.5, 0.6) is 5.75 Å². The van der Waals surface area contributed by atoms with E-state index in [1.807, 2.05) is 17.9 Å². The summed E-state index contributed by atoms with van der Waals surface area (Å²) in [6.45, 7) is 9.69. The van der Waals surface area contributed by atoms with Gasteiger partial charge in [0.05, 0.1) is 24.1 Å². The molecule has 0 unspecified atom stereocenters. The minimum atomic E-state index is -4.37. The molecular formula is C37H46F3N5O3. The summed E-state index contributed by atoms with van der Waals surface area (Å²) in [5, 5.41) is 3.30. The van der Waals surface area contributed by atoms with Crippen LogP contribution < -0.4 is 15.8 Å². The second-order valence-corrected chi connectivity index (χ2v) is 13.5. The maximum Gasteiger partial charge on any atom is 0.416 e. The van der Waals surface area contributed by atoms with Crippen LogP contribution in [0, 0.1) is 0 Å². The topological polar surface area (TPSA) is 92.4 Å². The molecule has 2 aromatic rings. The highest BCUT2D eigenvalue weighted by Gasteiger charge is 2.43. The van der Waals surface area contributed by atoms with Crippen LogP contribution in [0.3, 0.4) is 0 Å². The van der Waals surface area contributed by atoms with Crippen molar-refractivity contribution in [2.24, 2.45) is 10.7 Å². The van der Waals surface area contributed by atoms with Gasteiger partial charge in [0.2, 0.25) is 0 Å². The van der Waals surface area contributed by atoms with E-state index in [0.29, 0.717) is 36.9 Å². The summed E-state index contributed by atoms with van der Waals surface area (Å²) in [6.07, 6.45) is 3.56. The molecular weight excluding hydrogens is 619 g/mol. The zero-order valence-corrected chi connectivity index (χ0v) is 27.6. The molecule has 4 aliphatic heterocycles. The molecule has 0 radical (unpaired) electrons. The molecule has 4 aliphatic rings. The van der Waals surface area contributed by atoms with Crippen molar-refractivity contribution in [2.45, 2.75) is 88.3 Å². The molecule has 0 saturated carbocycles. The van der Waals surface area contributed by atoms with Gasteiger partial charge < -0.3 is 25.4 Å². The molecule has 258 valence electrons. The zero-order chi connectivity index (χ0) is 33.9. The van der Waals surface area contributed by atoms with Gasteiger partial charge in [-0.3, -0.25) is 9.69 Å². The molecule has 3 N–H and O–H groups in total. The number of allylic oxidation sites excluding steroid dienone is 1. The Morgan fingerprint density at radius 2 is 1.77 bits per heavy atom. The minimum absolute atomic E-state index is 0.0817. The molecule has 11 heteroatoms. The summed E-state index contributed by atoms with van der Waals surface area (Å²) in [5.41, 5.74) is 8.39. The van der Waals surface area contributed by atoms with Gasteiger partial charge in [-0.25, -0.2) is 4.99 Å². The number of carbonyl (C=O) groups excluding carboxylic acids is 1. The van der Waals surface area contributed by atoms with Gasteiger partial charge >= 0.3 is 6.18 Å². The fourth-order valence-electron chi connectivity index (χ4n) is 7.61. The fraction of sp³-hybridized carbons (Fsp3) is 0.514. The van der Waals surface area contributed by atoms with Crippen LogP contribution in [0.15, 0.2) is 77.1 Å². The van der Waals surface area contributed by atoms with Gasteiger partial charge in [0, 0.05) is 69.3 Å². The number of hydrogen-bond donors (Lipinski definition) is 2. The molecule has 0 aromatic heterocycles. The van der Waals surface area contributed by atoms with E-state index in [4.69, 9.17) is 15.2 Å². The number of amides is 1. The summed E-state index contributed by atoms with van der Waals surface area (Å²) >= 11 is 0. The van der Waals surface area contributed by atoms with Crippen LogP contribution in [0.4, 0.5) is 13.2 Å². The number of nitrogens with two attached hydrogens (primary N) is 1. The Kier molecular flexibility index (Phi) is 10.2. The number of alkyl halides is 3. The number of halogens is 3. The fourth-order valence-corrected chi connectivity index (χ4v) is 7.61. The van der Waals surface area contributed by atoms with Crippen molar-refractivity contribution in [1.82, 2.24) is 15.1 Å². The molecule has 0 aliphatic carbocycles. The van der Waals surface area contributed by atoms with E-state index in [0.717, 1.165) is 94.2 Å². The van der Waals surface area contributed by atoms with Crippen LogP contribution in [0.25, 0.3) is 0 Å². The lowest BCUT2D eigenvalue weighted by Crippen LogP contribution is -2.53. The van der Waals surface area contributed by atoms with Gasteiger partial charge in [-0.15, -0.1) is 0 Å². The Bertz CT molecular complexity index is 1500. The van der Waals surface area contributed by atoms with Crippen molar-refractivity contribution in [2.75, 3.05) is 32.7 Å². The first-order valence-electron chi connectivity index (χ1n) is 17.1. The summed E-state index contributed by atoms with van der Waals surface area (Å²) in [5.74, 6) is 0.865. The molecule has 1 spiro atoms. The standard InChI is InChI=1S/C37H46F3N5O3/c1-25(26(2)42-23-31-7-5-9-32(47-31)27-10-12-29(13-11-27)37(38,39)40)34(43-24-41)35(46)45-18-14-30(15-19-45)44-20-16-36(17-21-44)22-28-6-3-4-8-33(28)48-36/h3-4,6,8,10-13,24,30-32,42H,2,5,7,9,14-23H2,1H3,(H2,41,43)/b34-25-/t31-,32+/m1/s1. The van der Waals surface area contributed by atoms with Gasteiger partial charge in [0.25, 0.3) is 5.91 Å². The third-order valence-electron chi connectivity index (χ3n) is 10.5. The minimum Gasteiger partial charge on any atom is -0.487 e. The number of carbonyl (C=O) groups is 1. The molecule has 3 fully saturated rings. The van der Waals surface area contributed by atoms with Crippen LogP contribution >= 0.6 is 0 Å². The highest BCUT2D eigenvalue weighted by Crippen LogP contribution is 2.41. The molecule has 4 heterocycles. The van der Waals surface area contributed by atoms with Gasteiger partial charge in [-0.1, -0.05) is 36.9 Å². The largest absolute Gasteiger partial charge is 0.487 e. The highest BCUT2D eigenvalue weighted by molar-refractivity contribution is 5.95. The number of piperidine rings is 2. The number of nitrogens with one attached hydrogen (secondary N) is 1. The highest BCUT2D eigenvalue weighted by atomic mass is 19.4. The van der Waals surface area contributed by atoms with Crippen molar-refractivity contribution in [3.05, 3.63) is 88.8 Å². The molecule has 8 nitrogen and oxygen atoms in total. The average molecular weight is 666 g/mol. The van der Waals surface area contributed by atoms with Gasteiger partial charge in [-0.05, 0) is 68.4 Å². The van der Waals surface area contributed by atoms with Gasteiger partial charge in [-0.2, -0.15) is 13.2 Å². The number of ether oxygens (including phenoxy) is 2. The van der Waals surface area contributed by atoms with Crippen LogP contribution in [-0.4, -0.2) is 72.5 Å². The molecule has 6 rings (SSSR count). The van der Waals surface area contributed by atoms with Crippen LogP contribution in [0.1, 0.15) is 74.7 Å². The number of rotatable bonds is 8. The first-order chi connectivity index (χ1) is 23.0. The van der Waals surface area contributed by atoms with Gasteiger partial charge in [0.15, 0.2) is 0 Å². The monoisotopic (exact) mass is 665 g/mol. The average Bonchev–Trinajstić information content (AvgIpc) is 3.46. The van der Waals surface area contributed by atoms with E-state index in [2.05, 4.69) is 40.0 Å². The van der Waals surface area contributed by atoms with Crippen molar-refractivity contribution < 1.29 is 27.4 Å². The molecule has 0 bridgehead atoms. The van der Waals surface area contributed by atoms with Crippen molar-refractivity contribution >= 4 is 12.2 Å². The van der Waals surface area contributed by atoms with Crippen molar-refractivity contribution in [1.29, 1.82) is 0 Å². The Hall–Kier alpha value is -3.83. The second kappa shape index (κ2) is 14.3. The van der Waals surface area contributed by atoms with Crippen LogP contribution in [0.2, 0.25) is 0 Å². The second-order valence-electron chi connectivity index (χ2n) is 13.5. The van der Waals surface area contributed by atoms with Crippen molar-refractivity contribution in [3.8, 4) is 5.75 Å². The quantitative estimate of drug-likeness (QED) is 0.152. The predicted molar refractivity (Wildman–Crippen MR) is 179 cm³/mol. The number of hydrogen-bond acceptors (Lipinski definition) is 6. The van der Waals surface area contributed by atoms with Crippen LogP contribution in [-0.2, 0) is 22.1 Å². The number of benzene rings is 2. The lowest BCUT2D eigenvalue weighted by Gasteiger charge is -2.44. The summed E-state index contributed by atoms with van der Waals surface area (Å²) < 4.78 is 51.7. The van der Waals surface area contributed by atoms with E-state index in [1.54, 1.807) is 0 Å². The molecule has 1 amide bonds. The zero-order valence-electron chi connectivity index (χ0n) is 27.6. The van der Waals surface area contributed by atoms with E-state index >= 15 is 0 Å². The first kappa shape index (κ1) is 34.0. The van der Waals surface area contributed by atoms with Gasteiger partial charge in [0.1, 0.15) is 17.0 Å². The number of aliphatic imine (C=N–C) groups is 1. The Balaban J connectivity index is 0.988. The molecule has 3 saturated heterocycles. The first-order valence-corrected chi connectivity index (χ1v) is 17.1. The lowest BCUT2D eigenvalue weighted by atomic mass is 9.86. The normalized spacial score (nSPS) is 23.9. The Morgan fingerprint density at radius 3 is 2.44 bits per heavy atom. The summed E-state index contributed by atoms with van der Waals surface area (Å²) in [7, 11) is 0. The van der Waals surface area contributed by atoms with E-state index in [9.17, 15) is 18.0 Å². The third kappa shape index (κ3) is 7.57.